The molecule has 0 bridgehead atoms. The second-order valence-electron chi connectivity index (χ2n) is 7.10. The minimum Gasteiger partial charge on any atom is -0.316 e. The van der Waals surface area contributed by atoms with E-state index in [-0.39, 0.29) is 5.75 Å². The van der Waals surface area contributed by atoms with Crippen molar-refractivity contribution in [3.63, 3.8) is 0 Å². The van der Waals surface area contributed by atoms with Crippen LogP contribution in [0.25, 0.3) is 0 Å². The second-order valence-corrected chi connectivity index (χ2v) is 8.21. The Bertz CT molecular complexity index is 346. The number of hydrogen-bond donors (Lipinski definition) is 2. The normalized spacial score (nSPS) is 11.8. The first-order valence-electron chi connectivity index (χ1n) is 10.7. The molecule has 0 unspecified atom stereocenters. The number of unbranched alkanes of at least 4 members (excludes halogenated alkanes) is 13. The maximum Gasteiger partial charge on any atom is 0.141 e. The highest BCUT2D eigenvalue weighted by molar-refractivity contribution is 7.72. The third-order valence-corrected chi connectivity index (χ3v) is 5.18. The van der Waals surface area contributed by atoms with E-state index in [4.69, 9.17) is 0 Å². The Morgan fingerprint density at radius 1 is 0.640 bits per heavy atom. The molecule has 0 spiro atoms. The topological polar surface area (TPSA) is 46.2 Å². The summed E-state index contributed by atoms with van der Waals surface area (Å²) in [6.07, 6.45) is 24.8. The second kappa shape index (κ2) is 21.7. The Hall–Kier alpha value is -0.350. The van der Waals surface area contributed by atoms with Crippen molar-refractivity contribution < 1.29 is 8.42 Å². The number of nitrogens with one attached hydrogen (secondary N) is 1. The fraction of sp³-hybridized carbons (Fsp3) is 0.905. The van der Waals surface area contributed by atoms with Gasteiger partial charge in [-0.15, -0.1) is 0 Å². The zero-order chi connectivity index (χ0) is 18.4. The third kappa shape index (κ3) is 23.6. The Labute approximate surface area is 159 Å². The van der Waals surface area contributed by atoms with Crippen LogP contribution in [0, 0.1) is 0 Å². The standard InChI is InChI=1S/C21H43NO2S/c1-2-3-4-5-6-7-8-9-10-11-12-13-14-15-16-17-18-19-22-20-21-25(23)24/h9-10,22,25H,2-8,11-21H2,1H3/b10-9-. The van der Waals surface area contributed by atoms with Gasteiger partial charge < -0.3 is 5.32 Å². The van der Waals surface area contributed by atoms with Gasteiger partial charge in [0.2, 0.25) is 0 Å². The van der Waals surface area contributed by atoms with Crippen LogP contribution in [0.1, 0.15) is 103 Å². The van der Waals surface area contributed by atoms with E-state index < -0.39 is 10.7 Å². The lowest BCUT2D eigenvalue weighted by Crippen LogP contribution is -2.19. The molecule has 0 heterocycles. The van der Waals surface area contributed by atoms with Crippen molar-refractivity contribution in [1.29, 1.82) is 0 Å². The first kappa shape index (κ1) is 24.7. The lowest BCUT2D eigenvalue weighted by atomic mass is 10.1. The summed E-state index contributed by atoms with van der Waals surface area (Å²) in [5.74, 6) is 0.267. The van der Waals surface area contributed by atoms with Crippen molar-refractivity contribution in [2.45, 2.75) is 103 Å². The summed E-state index contributed by atoms with van der Waals surface area (Å²) < 4.78 is 20.8. The first-order chi connectivity index (χ1) is 12.3. The van der Waals surface area contributed by atoms with Crippen LogP contribution >= 0.6 is 0 Å². The van der Waals surface area contributed by atoms with Crippen molar-refractivity contribution in [3.05, 3.63) is 12.2 Å². The Balaban J connectivity index is 3.07. The molecule has 0 aliphatic rings. The number of allylic oxidation sites excluding steroid dienone is 2. The van der Waals surface area contributed by atoms with Crippen molar-refractivity contribution in [3.8, 4) is 0 Å². The van der Waals surface area contributed by atoms with E-state index in [1.54, 1.807) is 0 Å². The lowest BCUT2D eigenvalue weighted by Gasteiger charge is -2.03. The number of rotatable bonds is 20. The van der Waals surface area contributed by atoms with E-state index in [1.807, 2.05) is 0 Å². The van der Waals surface area contributed by atoms with Gasteiger partial charge in [0.15, 0.2) is 0 Å². The Morgan fingerprint density at radius 3 is 1.64 bits per heavy atom. The minimum absolute atomic E-state index is 0.267. The van der Waals surface area contributed by atoms with Crippen LogP contribution in [-0.2, 0) is 10.7 Å². The van der Waals surface area contributed by atoms with Crippen LogP contribution in [-0.4, -0.2) is 27.3 Å². The molecule has 0 aromatic rings. The zero-order valence-electron chi connectivity index (χ0n) is 16.6. The summed E-state index contributed by atoms with van der Waals surface area (Å²) in [6, 6.07) is 0. The molecular weight excluding hydrogens is 330 g/mol. The highest BCUT2D eigenvalue weighted by atomic mass is 32.2. The zero-order valence-corrected chi connectivity index (χ0v) is 17.5. The fourth-order valence-electron chi connectivity index (χ4n) is 2.97. The van der Waals surface area contributed by atoms with Gasteiger partial charge in [-0.05, 0) is 38.6 Å². The summed E-state index contributed by atoms with van der Waals surface area (Å²) >= 11 is 0. The van der Waals surface area contributed by atoms with Crippen LogP contribution in [0.4, 0.5) is 0 Å². The van der Waals surface area contributed by atoms with E-state index in [0.717, 1.165) is 13.0 Å². The summed E-state index contributed by atoms with van der Waals surface area (Å²) in [4.78, 5) is 0. The number of thiol groups is 1. The van der Waals surface area contributed by atoms with Crippen molar-refractivity contribution in [2.24, 2.45) is 0 Å². The maximum atomic E-state index is 10.4. The van der Waals surface area contributed by atoms with Crippen molar-refractivity contribution in [1.82, 2.24) is 5.32 Å². The monoisotopic (exact) mass is 373 g/mol. The minimum atomic E-state index is -2.21. The van der Waals surface area contributed by atoms with Crippen LogP contribution in [0.5, 0.6) is 0 Å². The third-order valence-electron chi connectivity index (χ3n) is 4.59. The van der Waals surface area contributed by atoms with E-state index in [1.165, 1.54) is 89.9 Å². The van der Waals surface area contributed by atoms with Crippen LogP contribution in [0.15, 0.2) is 12.2 Å². The largest absolute Gasteiger partial charge is 0.316 e. The maximum absolute atomic E-state index is 10.4. The molecule has 0 aliphatic heterocycles. The van der Waals surface area contributed by atoms with Gasteiger partial charge in [0.05, 0.1) is 5.75 Å². The lowest BCUT2D eigenvalue weighted by molar-refractivity contribution is 0.562. The van der Waals surface area contributed by atoms with E-state index in [2.05, 4.69) is 24.4 Å². The molecule has 1 N–H and O–H groups in total. The highest BCUT2D eigenvalue weighted by Gasteiger charge is 1.93. The molecule has 0 aliphatic carbocycles. The summed E-state index contributed by atoms with van der Waals surface area (Å²) in [5.41, 5.74) is 0. The van der Waals surface area contributed by atoms with Gasteiger partial charge >= 0.3 is 0 Å². The predicted octanol–water partition coefficient (Wildman–Crippen LogP) is 5.62. The van der Waals surface area contributed by atoms with E-state index >= 15 is 0 Å². The molecule has 4 heteroatoms. The van der Waals surface area contributed by atoms with Crippen molar-refractivity contribution >= 4 is 10.7 Å². The summed E-state index contributed by atoms with van der Waals surface area (Å²) in [6.45, 7) is 3.82. The van der Waals surface area contributed by atoms with Crippen LogP contribution in [0.3, 0.4) is 0 Å². The van der Waals surface area contributed by atoms with Gasteiger partial charge in [0.25, 0.3) is 0 Å². The molecule has 0 aromatic heterocycles. The molecule has 0 saturated heterocycles. The van der Waals surface area contributed by atoms with Gasteiger partial charge in [-0.1, -0.05) is 83.3 Å². The Morgan fingerprint density at radius 2 is 1.12 bits per heavy atom. The number of hydrogen-bond acceptors (Lipinski definition) is 3. The molecule has 0 atom stereocenters. The molecular formula is C21H43NO2S. The van der Waals surface area contributed by atoms with E-state index in [9.17, 15) is 8.42 Å². The van der Waals surface area contributed by atoms with Gasteiger partial charge in [0.1, 0.15) is 10.7 Å². The van der Waals surface area contributed by atoms with Crippen molar-refractivity contribution in [2.75, 3.05) is 18.8 Å². The summed E-state index contributed by atoms with van der Waals surface area (Å²) in [7, 11) is -2.21. The molecule has 0 fully saturated rings. The predicted molar refractivity (Wildman–Crippen MR) is 112 cm³/mol. The molecule has 0 aromatic carbocycles. The highest BCUT2D eigenvalue weighted by Crippen LogP contribution is 2.10. The molecule has 25 heavy (non-hydrogen) atoms. The summed E-state index contributed by atoms with van der Waals surface area (Å²) in [5, 5.41) is 3.18. The first-order valence-corrected chi connectivity index (χ1v) is 12.1. The SMILES string of the molecule is CCCCCCCC/C=C\CCCCCCCCCNCC[SH](=O)=O. The van der Waals surface area contributed by atoms with Crippen LogP contribution < -0.4 is 5.32 Å². The van der Waals surface area contributed by atoms with Gasteiger partial charge in [-0.3, -0.25) is 0 Å². The molecule has 150 valence electrons. The smallest absolute Gasteiger partial charge is 0.141 e. The molecule has 0 radical (unpaired) electrons. The fourth-order valence-corrected chi connectivity index (χ4v) is 3.31. The Kier molecular flexibility index (Phi) is 21.4. The molecule has 0 rings (SSSR count). The quantitative estimate of drug-likeness (QED) is 0.165. The molecule has 0 saturated carbocycles. The average molecular weight is 374 g/mol. The van der Waals surface area contributed by atoms with E-state index in [0.29, 0.717) is 6.54 Å². The van der Waals surface area contributed by atoms with Gasteiger partial charge in [-0.25, -0.2) is 8.42 Å². The van der Waals surface area contributed by atoms with Gasteiger partial charge in [0, 0.05) is 6.54 Å². The average Bonchev–Trinajstić information content (AvgIpc) is 2.60. The molecule has 3 nitrogen and oxygen atoms in total. The van der Waals surface area contributed by atoms with Gasteiger partial charge in [-0.2, -0.15) is 0 Å². The molecule has 0 amide bonds. The van der Waals surface area contributed by atoms with Crippen LogP contribution in [0.2, 0.25) is 0 Å².